The second-order valence-electron chi connectivity index (χ2n) is 4.99. The van der Waals surface area contributed by atoms with Crippen molar-refractivity contribution in [2.24, 2.45) is 0 Å². The minimum atomic E-state index is -3.35. The molecule has 18 heavy (non-hydrogen) atoms. The molecule has 1 aromatic carbocycles. The van der Waals surface area contributed by atoms with E-state index in [0.717, 1.165) is 11.1 Å². The van der Waals surface area contributed by atoms with Crippen LogP contribution in [0.4, 0.5) is 0 Å². The highest BCUT2D eigenvalue weighted by Gasteiger charge is 2.29. The van der Waals surface area contributed by atoms with Crippen molar-refractivity contribution < 1.29 is 8.42 Å². The fourth-order valence-corrected chi connectivity index (χ4v) is 4.08. The van der Waals surface area contributed by atoms with E-state index in [4.69, 9.17) is 0 Å². The molecule has 5 heteroatoms. The lowest BCUT2D eigenvalue weighted by atomic mass is 10.2. The van der Waals surface area contributed by atoms with E-state index in [1.54, 1.807) is 10.4 Å². The molecule has 0 amide bonds. The second kappa shape index (κ2) is 4.99. The van der Waals surface area contributed by atoms with Gasteiger partial charge in [-0.15, -0.1) is 0 Å². The molecule has 0 spiro atoms. The van der Waals surface area contributed by atoms with E-state index in [1.807, 2.05) is 32.9 Å². The maximum atomic E-state index is 12.6. The summed E-state index contributed by atoms with van der Waals surface area (Å²) in [7, 11) is -3.35. The first kappa shape index (κ1) is 13.5. The van der Waals surface area contributed by atoms with Crippen LogP contribution < -0.4 is 5.32 Å². The molecule has 1 N–H and O–H groups in total. The predicted octanol–water partition coefficient (Wildman–Crippen LogP) is 1.29. The van der Waals surface area contributed by atoms with Crippen molar-refractivity contribution in [3.05, 3.63) is 29.3 Å². The van der Waals surface area contributed by atoms with Crippen LogP contribution in [0.15, 0.2) is 23.1 Å². The van der Waals surface area contributed by atoms with Crippen LogP contribution in [-0.2, 0) is 10.0 Å². The Morgan fingerprint density at radius 2 is 2.06 bits per heavy atom. The molecule has 100 valence electrons. The van der Waals surface area contributed by atoms with Crippen LogP contribution >= 0.6 is 0 Å². The third kappa shape index (κ3) is 2.58. The van der Waals surface area contributed by atoms with E-state index >= 15 is 0 Å². The Labute approximate surface area is 109 Å². The van der Waals surface area contributed by atoms with Gasteiger partial charge in [-0.3, -0.25) is 0 Å². The van der Waals surface area contributed by atoms with Crippen LogP contribution in [0.25, 0.3) is 0 Å². The largest absolute Gasteiger partial charge is 0.312 e. The smallest absolute Gasteiger partial charge is 0.243 e. The number of aryl methyl sites for hydroxylation is 2. The number of rotatable bonds is 2. The zero-order valence-electron chi connectivity index (χ0n) is 11.1. The molecule has 0 bridgehead atoms. The van der Waals surface area contributed by atoms with E-state index in [0.29, 0.717) is 24.5 Å². The molecule has 2 rings (SSSR count). The summed E-state index contributed by atoms with van der Waals surface area (Å²) in [6.07, 6.45) is 0. The number of piperazine rings is 1. The van der Waals surface area contributed by atoms with Crippen LogP contribution in [0.3, 0.4) is 0 Å². The van der Waals surface area contributed by atoms with Crippen molar-refractivity contribution in [3.63, 3.8) is 0 Å². The number of benzene rings is 1. The fourth-order valence-electron chi connectivity index (χ4n) is 2.24. The third-order valence-corrected chi connectivity index (χ3v) is 5.30. The van der Waals surface area contributed by atoms with Gasteiger partial charge in [-0.2, -0.15) is 4.31 Å². The molecule has 1 aliphatic rings. The molecule has 1 atom stereocenters. The van der Waals surface area contributed by atoms with Gasteiger partial charge in [-0.05, 0) is 38.0 Å². The zero-order valence-corrected chi connectivity index (χ0v) is 11.9. The van der Waals surface area contributed by atoms with Gasteiger partial charge >= 0.3 is 0 Å². The quantitative estimate of drug-likeness (QED) is 0.879. The van der Waals surface area contributed by atoms with Crippen molar-refractivity contribution in [1.82, 2.24) is 9.62 Å². The third-order valence-electron chi connectivity index (χ3n) is 3.29. The number of nitrogens with zero attached hydrogens (tertiary/aromatic N) is 1. The van der Waals surface area contributed by atoms with Gasteiger partial charge in [0.15, 0.2) is 0 Å². The summed E-state index contributed by atoms with van der Waals surface area (Å²) in [4.78, 5) is 0.441. The molecule has 1 saturated heterocycles. The average Bonchev–Trinajstić information content (AvgIpc) is 2.32. The molecule has 1 heterocycles. The van der Waals surface area contributed by atoms with Crippen LogP contribution in [-0.4, -0.2) is 38.4 Å². The van der Waals surface area contributed by atoms with Crippen LogP contribution in [0.5, 0.6) is 0 Å². The van der Waals surface area contributed by atoms with Gasteiger partial charge in [0.05, 0.1) is 4.90 Å². The summed E-state index contributed by atoms with van der Waals surface area (Å²) in [5.74, 6) is 0. The SMILES string of the molecule is Cc1ccc(C)c(S(=O)(=O)N2CCN[C@H](C)C2)c1. The highest BCUT2D eigenvalue weighted by atomic mass is 32.2. The Bertz CT molecular complexity index is 540. The van der Waals surface area contributed by atoms with E-state index in [-0.39, 0.29) is 6.04 Å². The van der Waals surface area contributed by atoms with E-state index in [1.165, 1.54) is 0 Å². The number of hydrogen-bond donors (Lipinski definition) is 1. The van der Waals surface area contributed by atoms with Gasteiger partial charge < -0.3 is 5.32 Å². The summed E-state index contributed by atoms with van der Waals surface area (Å²) in [5.41, 5.74) is 1.79. The van der Waals surface area contributed by atoms with Gasteiger partial charge in [0.2, 0.25) is 10.0 Å². The Morgan fingerprint density at radius 3 is 2.72 bits per heavy atom. The van der Waals surface area contributed by atoms with Crippen molar-refractivity contribution in [2.75, 3.05) is 19.6 Å². The Kier molecular flexibility index (Phi) is 3.75. The first-order valence-electron chi connectivity index (χ1n) is 6.22. The first-order chi connectivity index (χ1) is 8.41. The zero-order chi connectivity index (χ0) is 13.3. The molecule has 0 aliphatic carbocycles. The summed E-state index contributed by atoms with van der Waals surface area (Å²) < 4.78 is 26.8. The predicted molar refractivity (Wildman–Crippen MR) is 72.1 cm³/mol. The van der Waals surface area contributed by atoms with Crippen molar-refractivity contribution in [3.8, 4) is 0 Å². The van der Waals surface area contributed by atoms with Gasteiger partial charge in [-0.1, -0.05) is 12.1 Å². The van der Waals surface area contributed by atoms with E-state index < -0.39 is 10.0 Å². The highest BCUT2D eigenvalue weighted by molar-refractivity contribution is 7.89. The summed E-state index contributed by atoms with van der Waals surface area (Å²) in [5, 5.41) is 3.26. The van der Waals surface area contributed by atoms with Crippen molar-refractivity contribution in [2.45, 2.75) is 31.7 Å². The number of nitrogens with one attached hydrogen (secondary N) is 1. The lowest BCUT2D eigenvalue weighted by Gasteiger charge is -2.31. The van der Waals surface area contributed by atoms with Crippen LogP contribution in [0, 0.1) is 13.8 Å². The minimum Gasteiger partial charge on any atom is -0.312 e. The molecular formula is C13H20N2O2S. The second-order valence-corrected chi connectivity index (χ2v) is 6.89. The average molecular weight is 268 g/mol. The van der Waals surface area contributed by atoms with Crippen LogP contribution in [0.2, 0.25) is 0 Å². The monoisotopic (exact) mass is 268 g/mol. The molecule has 0 aromatic heterocycles. The summed E-state index contributed by atoms with van der Waals surface area (Å²) in [6, 6.07) is 5.78. The Hall–Kier alpha value is -0.910. The highest BCUT2D eigenvalue weighted by Crippen LogP contribution is 2.22. The number of sulfonamides is 1. The maximum absolute atomic E-state index is 12.6. The molecular weight excluding hydrogens is 248 g/mol. The van der Waals surface area contributed by atoms with Crippen molar-refractivity contribution >= 4 is 10.0 Å². The van der Waals surface area contributed by atoms with Crippen molar-refractivity contribution in [1.29, 1.82) is 0 Å². The number of hydrogen-bond acceptors (Lipinski definition) is 3. The molecule has 0 unspecified atom stereocenters. The molecule has 1 aliphatic heterocycles. The minimum absolute atomic E-state index is 0.207. The van der Waals surface area contributed by atoms with Gasteiger partial charge in [0.1, 0.15) is 0 Å². The van der Waals surface area contributed by atoms with Gasteiger partial charge in [0.25, 0.3) is 0 Å². The van der Waals surface area contributed by atoms with Crippen LogP contribution in [0.1, 0.15) is 18.1 Å². The van der Waals surface area contributed by atoms with Gasteiger partial charge in [0, 0.05) is 25.7 Å². The summed E-state index contributed by atoms with van der Waals surface area (Å²) in [6.45, 7) is 7.56. The molecule has 1 fully saturated rings. The molecule has 4 nitrogen and oxygen atoms in total. The first-order valence-corrected chi connectivity index (χ1v) is 7.66. The molecule has 0 saturated carbocycles. The molecule has 0 radical (unpaired) electrons. The van der Waals surface area contributed by atoms with E-state index in [9.17, 15) is 8.42 Å². The summed E-state index contributed by atoms with van der Waals surface area (Å²) >= 11 is 0. The topological polar surface area (TPSA) is 49.4 Å². The Morgan fingerprint density at radius 1 is 1.33 bits per heavy atom. The maximum Gasteiger partial charge on any atom is 0.243 e. The lowest BCUT2D eigenvalue weighted by Crippen LogP contribution is -2.51. The normalized spacial score (nSPS) is 22.1. The molecule has 1 aromatic rings. The fraction of sp³-hybridized carbons (Fsp3) is 0.538. The Balaban J connectivity index is 2.38. The van der Waals surface area contributed by atoms with E-state index in [2.05, 4.69) is 5.32 Å². The lowest BCUT2D eigenvalue weighted by molar-refractivity contribution is 0.310. The van der Waals surface area contributed by atoms with Gasteiger partial charge in [-0.25, -0.2) is 8.42 Å². The standard InChI is InChI=1S/C13H20N2O2S/c1-10-4-5-11(2)13(8-10)18(16,17)15-7-6-14-12(3)9-15/h4-5,8,12,14H,6-7,9H2,1-3H3/t12-/m1/s1.